The molecular weight excluding hydrogens is 367 g/mol. The van der Waals surface area contributed by atoms with Crippen LogP contribution in [0, 0.1) is 20.2 Å². The number of nitrogens with two attached hydrogens (primary N) is 1. The number of carboxylic acids is 2. The number of carbonyl (C=O) groups excluding carboxylic acids is 1. The van der Waals surface area contributed by atoms with E-state index in [2.05, 4.69) is 11.1 Å². The van der Waals surface area contributed by atoms with Crippen LogP contribution in [-0.2, 0) is 9.59 Å². The molecule has 5 N–H and O–H groups in total. The minimum atomic E-state index is -1.27. The van der Waals surface area contributed by atoms with E-state index >= 15 is 0 Å². The molecule has 0 aliphatic heterocycles. The third-order valence-corrected chi connectivity index (χ3v) is 2.38. The van der Waals surface area contributed by atoms with Crippen LogP contribution in [0.15, 0.2) is 0 Å². The van der Waals surface area contributed by atoms with Crippen LogP contribution >= 0.6 is 0 Å². The van der Waals surface area contributed by atoms with Crippen molar-refractivity contribution >= 4 is 11.9 Å². The van der Waals surface area contributed by atoms with Gasteiger partial charge >= 0.3 is 35.5 Å². The van der Waals surface area contributed by atoms with Gasteiger partial charge in [0.25, 0.3) is 0 Å². The second-order valence-corrected chi connectivity index (χ2v) is 5.87. The van der Waals surface area contributed by atoms with Gasteiger partial charge in [0, 0.05) is 44.1 Å². The molecule has 13 nitrogen and oxygen atoms in total. The predicted octanol–water partition coefficient (Wildman–Crippen LogP) is -5.55. The van der Waals surface area contributed by atoms with E-state index in [1.807, 2.05) is 0 Å². The van der Waals surface area contributed by atoms with Crippen molar-refractivity contribution in [3.05, 3.63) is 20.2 Å². The van der Waals surface area contributed by atoms with Gasteiger partial charge in [0.2, 0.25) is 11.1 Å². The van der Waals surface area contributed by atoms with Gasteiger partial charge in [-0.2, -0.15) is 0 Å². The Kier molecular flexibility index (Phi) is 19.7. The molecule has 0 unspecified atom stereocenters. The van der Waals surface area contributed by atoms with Crippen LogP contribution in [0.3, 0.4) is 0 Å². The molecule has 0 aliphatic carbocycles. The molecule has 0 heterocycles. The summed E-state index contributed by atoms with van der Waals surface area (Å²) in [6.07, 6.45) is 0. The molecule has 0 aromatic heterocycles. The monoisotopic (exact) mass is 392 g/mol. The molecular formula is C12H25N4NaO9. The van der Waals surface area contributed by atoms with Gasteiger partial charge in [0.05, 0.1) is 19.1 Å². The Morgan fingerprint density at radius 1 is 1.08 bits per heavy atom. The number of aliphatic carboxylic acids is 2. The second kappa shape index (κ2) is 15.8. The first-order valence-corrected chi connectivity index (χ1v) is 6.86. The molecule has 0 rings (SSSR count). The number of nitrogens with zero attached hydrogens (tertiary/aromatic N) is 2. The fourth-order valence-electron chi connectivity index (χ4n) is 0.593. The quantitative estimate of drug-likeness (QED) is 0.173. The topological polar surface area (TPSA) is 222 Å². The van der Waals surface area contributed by atoms with Gasteiger partial charge in [-0.15, -0.1) is 0 Å². The van der Waals surface area contributed by atoms with Gasteiger partial charge in [0.15, 0.2) is 0 Å². The number of nitro groups is 2. The van der Waals surface area contributed by atoms with E-state index in [9.17, 15) is 34.9 Å². The first-order valence-electron chi connectivity index (χ1n) is 6.86. The van der Waals surface area contributed by atoms with E-state index in [0.717, 1.165) is 0 Å². The fourth-order valence-corrected chi connectivity index (χ4v) is 0.593. The van der Waals surface area contributed by atoms with E-state index in [0.29, 0.717) is 0 Å². The van der Waals surface area contributed by atoms with Crippen molar-refractivity contribution in [1.29, 1.82) is 0 Å². The van der Waals surface area contributed by atoms with Gasteiger partial charge in [-0.1, -0.05) is 0 Å². The number of nitrogens with one attached hydrogen (secondary N) is 1. The summed E-state index contributed by atoms with van der Waals surface area (Å²) in [5.41, 5.74) is 2.25. The summed E-state index contributed by atoms with van der Waals surface area (Å²) < 4.78 is 0. The average Bonchev–Trinajstić information content (AvgIpc) is 2.47. The first-order chi connectivity index (χ1) is 11.1. The summed E-state index contributed by atoms with van der Waals surface area (Å²) in [5.74, 6) is -2.24. The number of carbonyl (C=O) groups is 2. The zero-order valence-corrected chi connectivity index (χ0v) is 17.6. The van der Waals surface area contributed by atoms with E-state index in [1.165, 1.54) is 27.7 Å². The van der Waals surface area contributed by atoms with Crippen molar-refractivity contribution in [2.45, 2.75) is 38.8 Å². The molecule has 0 saturated heterocycles. The third kappa shape index (κ3) is 20.7. The van der Waals surface area contributed by atoms with Gasteiger partial charge in [-0.05, 0) is 0 Å². The number of hydrogen-bond donors (Lipinski definition) is 4. The molecule has 148 valence electrons. The minimum Gasteiger partial charge on any atom is -0.549 e. The van der Waals surface area contributed by atoms with Crippen LogP contribution in [0.2, 0.25) is 0 Å². The number of hydrogen-bond acceptors (Lipinski definition) is 10. The maximum Gasteiger partial charge on any atom is 1.00 e. The van der Waals surface area contributed by atoms with Gasteiger partial charge in [0.1, 0.15) is 6.61 Å². The van der Waals surface area contributed by atoms with Gasteiger partial charge < -0.3 is 31.2 Å². The Morgan fingerprint density at radius 3 is 1.58 bits per heavy atom. The van der Waals surface area contributed by atoms with Crippen LogP contribution in [0.4, 0.5) is 0 Å². The number of aliphatic hydroxyl groups excluding tert-OH is 1. The van der Waals surface area contributed by atoms with Crippen LogP contribution in [0.5, 0.6) is 0 Å². The minimum absolute atomic E-state index is 0. The predicted molar refractivity (Wildman–Crippen MR) is 83.8 cm³/mol. The molecule has 0 saturated carbocycles. The maximum absolute atomic E-state index is 10.3. The summed E-state index contributed by atoms with van der Waals surface area (Å²) in [6.45, 7) is 4.51. The molecule has 0 fully saturated rings. The second-order valence-electron chi connectivity index (χ2n) is 5.87. The summed E-state index contributed by atoms with van der Waals surface area (Å²) in [6, 6.07) is 0. The van der Waals surface area contributed by atoms with Crippen molar-refractivity contribution in [1.82, 2.24) is 5.32 Å². The van der Waals surface area contributed by atoms with E-state index < -0.39 is 39.5 Å². The summed E-state index contributed by atoms with van der Waals surface area (Å²) in [7, 11) is 0. The molecule has 0 aromatic carbocycles. The normalized spacial score (nSPS) is 10.1. The summed E-state index contributed by atoms with van der Waals surface area (Å²) in [5, 5.41) is 48.4. The maximum atomic E-state index is 10.3. The van der Waals surface area contributed by atoms with Crippen LogP contribution < -0.4 is 45.7 Å². The molecule has 0 radical (unpaired) electrons. The average molecular weight is 392 g/mol. The fraction of sp³-hybridized carbons (Fsp3) is 0.833. The largest absolute Gasteiger partial charge is 1.00 e. The van der Waals surface area contributed by atoms with E-state index in [1.54, 1.807) is 0 Å². The number of rotatable bonds is 8. The summed E-state index contributed by atoms with van der Waals surface area (Å²) >= 11 is 0. The molecule has 0 atom stereocenters. The standard InChI is InChI=1S/C6H12N2O4.C4H9NO3.C2H5NO2.Na/c1-6(2,8(11)12)4-7-3-5(9)10;1-4(2,3-6)5(7)8;3-1-2(4)5;/h7H,3-4H2,1-2H3,(H,9,10);6H,3H2,1-2H3;1,3H2,(H,4,5);/q;;;+1/p-1. The van der Waals surface area contributed by atoms with Crippen LogP contribution in [-0.4, -0.2) is 69.3 Å². The zero-order valence-electron chi connectivity index (χ0n) is 15.6. The Balaban J connectivity index is -0.000000150. The molecule has 0 bridgehead atoms. The van der Waals surface area contributed by atoms with E-state index in [-0.39, 0.29) is 49.2 Å². The third-order valence-electron chi connectivity index (χ3n) is 2.38. The first kappa shape index (κ1) is 32.3. The molecule has 14 heteroatoms. The smallest absolute Gasteiger partial charge is 0.549 e. The Bertz CT molecular complexity index is 458. The van der Waals surface area contributed by atoms with Crippen molar-refractivity contribution in [2.24, 2.45) is 5.73 Å². The Hall–Kier alpha value is -1.38. The zero-order chi connectivity index (χ0) is 20.8. The SMILES string of the molecule is CC(C)(CNCC(=O)[O-])[N+](=O)[O-].CC(C)(CO)[N+](=O)[O-].NCC(=O)O.[Na+]. The van der Waals surface area contributed by atoms with Crippen LogP contribution in [0.25, 0.3) is 0 Å². The molecule has 0 aromatic rings. The van der Waals surface area contributed by atoms with Crippen molar-refractivity contribution in [3.8, 4) is 0 Å². The molecule has 0 amide bonds. The van der Waals surface area contributed by atoms with Crippen molar-refractivity contribution < 1.29 is 64.3 Å². The van der Waals surface area contributed by atoms with E-state index in [4.69, 9.17) is 10.2 Å². The Morgan fingerprint density at radius 2 is 1.42 bits per heavy atom. The molecule has 0 spiro atoms. The molecule has 0 aliphatic rings. The Labute approximate surface area is 172 Å². The molecule has 26 heavy (non-hydrogen) atoms. The van der Waals surface area contributed by atoms with Crippen molar-refractivity contribution in [3.63, 3.8) is 0 Å². The number of aliphatic hydroxyl groups is 1. The van der Waals surface area contributed by atoms with Crippen molar-refractivity contribution in [2.75, 3.05) is 26.2 Å². The van der Waals surface area contributed by atoms with Gasteiger partial charge in [-0.25, -0.2) is 0 Å². The van der Waals surface area contributed by atoms with Crippen LogP contribution in [0.1, 0.15) is 27.7 Å². The van der Waals surface area contributed by atoms with Gasteiger partial charge in [-0.3, -0.25) is 25.0 Å². The number of carboxylic acid groups (broad SMARTS) is 2. The summed E-state index contributed by atoms with van der Waals surface area (Å²) in [4.78, 5) is 38.4.